The van der Waals surface area contributed by atoms with E-state index in [1.807, 2.05) is 12.1 Å². The fourth-order valence-electron chi connectivity index (χ4n) is 1.66. The summed E-state index contributed by atoms with van der Waals surface area (Å²) in [6.45, 7) is 4.77. The summed E-state index contributed by atoms with van der Waals surface area (Å²) in [5.41, 5.74) is 6.90. The van der Waals surface area contributed by atoms with E-state index in [1.54, 1.807) is 12.1 Å². The average molecular weight is 236 g/mol. The Morgan fingerprint density at radius 3 is 2.76 bits per heavy atom. The minimum absolute atomic E-state index is 0.0938. The van der Waals surface area contributed by atoms with Gasteiger partial charge in [-0.1, -0.05) is 6.07 Å². The van der Waals surface area contributed by atoms with Gasteiger partial charge in [0.25, 0.3) is 0 Å². The van der Waals surface area contributed by atoms with Gasteiger partial charge in [-0.05, 0) is 45.0 Å². The number of benzene rings is 1. The van der Waals surface area contributed by atoms with Crippen LogP contribution in [0, 0.1) is 0 Å². The third kappa shape index (κ3) is 4.07. The zero-order valence-corrected chi connectivity index (χ0v) is 10.6. The summed E-state index contributed by atoms with van der Waals surface area (Å²) in [6.07, 6.45) is 0.857. The Morgan fingerprint density at radius 1 is 1.47 bits per heavy atom. The van der Waals surface area contributed by atoms with Gasteiger partial charge in [-0.2, -0.15) is 0 Å². The highest BCUT2D eigenvalue weighted by molar-refractivity contribution is 5.90. The fraction of sp³-hybridized carbons (Fsp3) is 0.462. The molecule has 0 aliphatic heterocycles. The average Bonchev–Trinajstić information content (AvgIpc) is 2.27. The Hall–Kier alpha value is -1.55. The Labute approximate surface area is 102 Å². The van der Waals surface area contributed by atoms with Crippen LogP contribution in [0.5, 0.6) is 0 Å². The number of anilines is 1. The molecule has 0 unspecified atom stereocenters. The molecule has 4 heteroatoms. The van der Waals surface area contributed by atoms with Gasteiger partial charge in [0.15, 0.2) is 0 Å². The highest BCUT2D eigenvalue weighted by atomic mass is 16.5. The smallest absolute Gasteiger partial charge is 0.337 e. The minimum atomic E-state index is -0.328. The molecule has 0 heterocycles. The van der Waals surface area contributed by atoms with Crippen LogP contribution >= 0.6 is 0 Å². The number of ether oxygens (including phenoxy) is 1. The minimum Gasteiger partial charge on any atom is -0.465 e. The van der Waals surface area contributed by atoms with Crippen molar-refractivity contribution < 1.29 is 9.53 Å². The topological polar surface area (TPSA) is 64.3 Å². The largest absolute Gasteiger partial charge is 0.465 e. The van der Waals surface area contributed by atoms with E-state index in [9.17, 15) is 4.79 Å². The number of nitrogens with one attached hydrogen (secondary N) is 1. The van der Waals surface area contributed by atoms with Crippen molar-refractivity contribution >= 4 is 11.7 Å². The number of esters is 1. The van der Waals surface area contributed by atoms with Crippen LogP contribution in [-0.4, -0.2) is 25.2 Å². The van der Waals surface area contributed by atoms with Crippen LogP contribution < -0.4 is 11.1 Å². The van der Waals surface area contributed by atoms with Gasteiger partial charge in [0.1, 0.15) is 0 Å². The molecule has 17 heavy (non-hydrogen) atoms. The van der Waals surface area contributed by atoms with E-state index in [-0.39, 0.29) is 11.5 Å². The number of carbonyl (C=O) groups excluding carboxylic acids is 1. The van der Waals surface area contributed by atoms with Crippen LogP contribution in [0.3, 0.4) is 0 Å². The maximum atomic E-state index is 11.4. The van der Waals surface area contributed by atoms with Crippen molar-refractivity contribution in [3.8, 4) is 0 Å². The van der Waals surface area contributed by atoms with Crippen molar-refractivity contribution in [2.75, 3.05) is 19.0 Å². The zero-order valence-electron chi connectivity index (χ0n) is 10.6. The summed E-state index contributed by atoms with van der Waals surface area (Å²) in [4.78, 5) is 11.4. The standard InChI is InChI=1S/C13H20N2O2/c1-13(2,7-8-14)15-11-6-4-5-10(9-11)12(16)17-3/h4-6,9,15H,7-8,14H2,1-3H3. The number of rotatable bonds is 5. The number of nitrogens with two attached hydrogens (primary N) is 1. The first-order valence-electron chi connectivity index (χ1n) is 5.65. The molecule has 3 N–H and O–H groups in total. The normalized spacial score (nSPS) is 11.1. The zero-order chi connectivity index (χ0) is 12.9. The van der Waals surface area contributed by atoms with Gasteiger partial charge >= 0.3 is 5.97 Å². The van der Waals surface area contributed by atoms with Crippen LogP contribution in [0.25, 0.3) is 0 Å². The molecule has 0 fully saturated rings. The molecular weight excluding hydrogens is 216 g/mol. The Bertz CT molecular complexity index is 389. The molecule has 94 valence electrons. The van der Waals surface area contributed by atoms with Gasteiger partial charge in [0, 0.05) is 11.2 Å². The lowest BCUT2D eigenvalue weighted by Gasteiger charge is -2.27. The fourth-order valence-corrected chi connectivity index (χ4v) is 1.66. The van der Waals surface area contributed by atoms with Crippen LogP contribution in [-0.2, 0) is 4.74 Å². The lowest BCUT2D eigenvalue weighted by atomic mass is 10.00. The molecule has 0 aromatic heterocycles. The van der Waals surface area contributed by atoms with E-state index in [4.69, 9.17) is 5.73 Å². The van der Waals surface area contributed by atoms with E-state index in [0.29, 0.717) is 12.1 Å². The Kier molecular flexibility index (Phi) is 4.52. The predicted molar refractivity (Wildman–Crippen MR) is 69.2 cm³/mol. The van der Waals surface area contributed by atoms with Crippen LogP contribution in [0.1, 0.15) is 30.6 Å². The van der Waals surface area contributed by atoms with Crippen molar-refractivity contribution in [2.45, 2.75) is 25.8 Å². The summed E-state index contributed by atoms with van der Waals surface area (Å²) in [5, 5.41) is 3.35. The first kappa shape index (κ1) is 13.5. The number of carbonyl (C=O) groups is 1. The third-order valence-electron chi connectivity index (χ3n) is 2.54. The molecular formula is C13H20N2O2. The molecule has 0 amide bonds. The van der Waals surface area contributed by atoms with E-state index in [0.717, 1.165) is 12.1 Å². The molecule has 0 bridgehead atoms. The third-order valence-corrected chi connectivity index (χ3v) is 2.54. The number of methoxy groups -OCH3 is 1. The van der Waals surface area contributed by atoms with Crippen molar-refractivity contribution in [1.82, 2.24) is 0 Å². The Morgan fingerprint density at radius 2 is 2.18 bits per heavy atom. The summed E-state index contributed by atoms with van der Waals surface area (Å²) >= 11 is 0. The van der Waals surface area contributed by atoms with E-state index >= 15 is 0 Å². The molecule has 1 rings (SSSR count). The van der Waals surface area contributed by atoms with E-state index < -0.39 is 0 Å². The SMILES string of the molecule is COC(=O)c1cccc(NC(C)(C)CCN)c1. The lowest BCUT2D eigenvalue weighted by Crippen LogP contribution is -2.33. The van der Waals surface area contributed by atoms with Crippen molar-refractivity contribution in [2.24, 2.45) is 5.73 Å². The predicted octanol–water partition coefficient (Wildman–Crippen LogP) is 2.01. The van der Waals surface area contributed by atoms with E-state index in [1.165, 1.54) is 7.11 Å². The highest BCUT2D eigenvalue weighted by Crippen LogP contribution is 2.19. The molecule has 0 saturated carbocycles. The Balaban J connectivity index is 2.82. The van der Waals surface area contributed by atoms with Gasteiger partial charge in [0.05, 0.1) is 12.7 Å². The van der Waals surface area contributed by atoms with Crippen LogP contribution in [0.2, 0.25) is 0 Å². The van der Waals surface area contributed by atoms with Gasteiger partial charge in [-0.25, -0.2) is 4.79 Å². The molecule has 0 spiro atoms. The maximum absolute atomic E-state index is 11.4. The molecule has 1 aromatic carbocycles. The van der Waals surface area contributed by atoms with Crippen LogP contribution in [0.4, 0.5) is 5.69 Å². The van der Waals surface area contributed by atoms with E-state index in [2.05, 4.69) is 23.9 Å². The number of hydrogen-bond donors (Lipinski definition) is 2. The molecule has 0 atom stereocenters. The van der Waals surface area contributed by atoms with Gasteiger partial charge in [0.2, 0.25) is 0 Å². The first-order valence-corrected chi connectivity index (χ1v) is 5.65. The molecule has 0 saturated heterocycles. The molecule has 4 nitrogen and oxygen atoms in total. The summed E-state index contributed by atoms with van der Waals surface area (Å²) in [5.74, 6) is -0.328. The second-order valence-electron chi connectivity index (χ2n) is 4.62. The van der Waals surface area contributed by atoms with Gasteiger partial charge in [-0.3, -0.25) is 0 Å². The lowest BCUT2D eigenvalue weighted by molar-refractivity contribution is 0.0601. The second kappa shape index (κ2) is 5.68. The van der Waals surface area contributed by atoms with Gasteiger partial charge in [-0.15, -0.1) is 0 Å². The number of hydrogen-bond acceptors (Lipinski definition) is 4. The van der Waals surface area contributed by atoms with Crippen molar-refractivity contribution in [3.05, 3.63) is 29.8 Å². The van der Waals surface area contributed by atoms with Gasteiger partial charge < -0.3 is 15.8 Å². The van der Waals surface area contributed by atoms with Crippen molar-refractivity contribution in [3.63, 3.8) is 0 Å². The first-order chi connectivity index (χ1) is 7.98. The summed E-state index contributed by atoms with van der Waals surface area (Å²) in [7, 11) is 1.38. The van der Waals surface area contributed by atoms with Crippen LogP contribution in [0.15, 0.2) is 24.3 Å². The quantitative estimate of drug-likeness (QED) is 0.768. The molecule has 0 radical (unpaired) electrons. The highest BCUT2D eigenvalue weighted by Gasteiger charge is 2.16. The molecule has 1 aromatic rings. The second-order valence-corrected chi connectivity index (χ2v) is 4.62. The maximum Gasteiger partial charge on any atom is 0.337 e. The summed E-state index contributed by atoms with van der Waals surface area (Å²) < 4.78 is 4.68. The monoisotopic (exact) mass is 236 g/mol. The summed E-state index contributed by atoms with van der Waals surface area (Å²) in [6, 6.07) is 7.26. The molecule has 0 aliphatic rings. The molecule has 0 aliphatic carbocycles. The van der Waals surface area contributed by atoms with Crippen molar-refractivity contribution in [1.29, 1.82) is 0 Å².